The number of halogens is 2. The van der Waals surface area contributed by atoms with Crippen molar-refractivity contribution in [3.05, 3.63) is 70.0 Å². The van der Waals surface area contributed by atoms with Crippen LogP contribution in [0.25, 0.3) is 4.91 Å². The monoisotopic (exact) mass is 394 g/mol. The Bertz CT molecular complexity index is 935. The molecule has 0 saturated heterocycles. The molecule has 0 atom stereocenters. The van der Waals surface area contributed by atoms with Crippen molar-refractivity contribution in [2.45, 2.75) is 6.92 Å². The predicted octanol–water partition coefficient (Wildman–Crippen LogP) is 4.17. The molecule has 0 unspecified atom stereocenters. The minimum Gasteiger partial charge on any atom is -0.339 e. The van der Waals surface area contributed by atoms with E-state index in [0.717, 1.165) is 4.47 Å². The summed E-state index contributed by atoms with van der Waals surface area (Å²) in [7, 11) is -3.77. The molecule has 0 radical (unpaired) electrons. The Hall–Kier alpha value is -1.99. The van der Waals surface area contributed by atoms with E-state index in [-0.39, 0.29) is 16.6 Å². The van der Waals surface area contributed by atoms with Crippen LogP contribution in [0.5, 0.6) is 0 Å². The maximum atomic E-state index is 13.0. The third kappa shape index (κ3) is 3.20. The molecule has 0 aromatic heterocycles. The highest BCUT2D eigenvalue weighted by molar-refractivity contribution is 9.10. The van der Waals surface area contributed by atoms with Crippen molar-refractivity contribution in [3.8, 4) is 0 Å². The first-order valence-electron chi connectivity index (χ1n) is 6.71. The lowest BCUT2D eigenvalue weighted by atomic mass is 10.1. The zero-order valence-corrected chi connectivity index (χ0v) is 14.4. The normalized spacial score (nSPS) is 16.4. The summed E-state index contributed by atoms with van der Waals surface area (Å²) in [4.78, 5) is 0.170. The third-order valence-electron chi connectivity index (χ3n) is 3.36. The van der Waals surface area contributed by atoms with Gasteiger partial charge >= 0.3 is 0 Å². The van der Waals surface area contributed by atoms with E-state index in [1.807, 2.05) is 6.07 Å². The number of benzene rings is 2. The van der Waals surface area contributed by atoms with Gasteiger partial charge in [-0.3, -0.25) is 0 Å². The van der Waals surface area contributed by atoms with Gasteiger partial charge in [0.2, 0.25) is 0 Å². The highest BCUT2D eigenvalue weighted by atomic mass is 79.9. The molecular weight excluding hydrogens is 383 g/mol. The SMILES string of the molecule is CC1=C(c2cccc(Br)c2)S(=O)(=O)N=C1Nc1ccc(F)cc1. The van der Waals surface area contributed by atoms with E-state index in [0.29, 0.717) is 16.8 Å². The molecule has 118 valence electrons. The Morgan fingerprint density at radius 1 is 1.13 bits per heavy atom. The molecule has 0 amide bonds. The first-order chi connectivity index (χ1) is 10.9. The summed E-state index contributed by atoms with van der Waals surface area (Å²) >= 11 is 3.34. The van der Waals surface area contributed by atoms with Gasteiger partial charge in [0.25, 0.3) is 10.0 Å². The number of amidine groups is 1. The number of rotatable bonds is 2. The fourth-order valence-corrected chi connectivity index (χ4v) is 4.14. The predicted molar refractivity (Wildman–Crippen MR) is 93.1 cm³/mol. The number of hydrogen-bond donors (Lipinski definition) is 1. The van der Waals surface area contributed by atoms with Gasteiger partial charge in [-0.05, 0) is 48.9 Å². The molecule has 0 saturated carbocycles. The van der Waals surface area contributed by atoms with Crippen LogP contribution in [0.4, 0.5) is 10.1 Å². The molecule has 0 aliphatic carbocycles. The molecule has 23 heavy (non-hydrogen) atoms. The molecule has 1 N–H and O–H groups in total. The Balaban J connectivity index is 2.01. The quantitative estimate of drug-likeness (QED) is 0.831. The molecular formula is C16H12BrFN2O2S. The smallest absolute Gasteiger partial charge is 0.285 e. The van der Waals surface area contributed by atoms with Crippen LogP contribution in [0.3, 0.4) is 0 Å². The Kier molecular flexibility index (Phi) is 4.08. The molecule has 0 spiro atoms. The maximum Gasteiger partial charge on any atom is 0.285 e. The van der Waals surface area contributed by atoms with Gasteiger partial charge < -0.3 is 5.32 Å². The van der Waals surface area contributed by atoms with Crippen LogP contribution in [0.2, 0.25) is 0 Å². The Labute approximate surface area is 141 Å². The molecule has 0 fully saturated rings. The van der Waals surface area contributed by atoms with Gasteiger partial charge in [0, 0.05) is 15.7 Å². The number of nitrogens with one attached hydrogen (secondary N) is 1. The van der Waals surface area contributed by atoms with Gasteiger partial charge in [-0.1, -0.05) is 28.1 Å². The number of anilines is 1. The van der Waals surface area contributed by atoms with Crippen LogP contribution in [0, 0.1) is 5.82 Å². The highest BCUT2D eigenvalue weighted by Gasteiger charge is 2.31. The zero-order chi connectivity index (χ0) is 16.6. The molecule has 1 heterocycles. The van der Waals surface area contributed by atoms with Gasteiger partial charge in [-0.25, -0.2) is 4.39 Å². The fourth-order valence-electron chi connectivity index (χ4n) is 2.32. The molecule has 1 aliphatic rings. The second-order valence-electron chi connectivity index (χ2n) is 5.01. The molecule has 2 aromatic carbocycles. The summed E-state index contributed by atoms with van der Waals surface area (Å²) in [6, 6.07) is 12.7. The second-order valence-corrected chi connectivity index (χ2v) is 7.47. The summed E-state index contributed by atoms with van der Waals surface area (Å²) in [5, 5.41) is 2.92. The lowest BCUT2D eigenvalue weighted by Gasteiger charge is -2.07. The third-order valence-corrected chi connectivity index (χ3v) is 5.33. The van der Waals surface area contributed by atoms with Crippen LogP contribution in [-0.4, -0.2) is 14.3 Å². The van der Waals surface area contributed by atoms with Crippen molar-refractivity contribution in [1.29, 1.82) is 0 Å². The van der Waals surface area contributed by atoms with Crippen molar-refractivity contribution in [3.63, 3.8) is 0 Å². The van der Waals surface area contributed by atoms with Gasteiger partial charge in [-0.15, -0.1) is 4.40 Å². The van der Waals surface area contributed by atoms with Gasteiger partial charge in [0.05, 0.1) is 0 Å². The minimum absolute atomic E-state index is 0.170. The number of sulfonamides is 1. The average molecular weight is 395 g/mol. The Morgan fingerprint density at radius 3 is 2.48 bits per heavy atom. The summed E-state index contributed by atoms with van der Waals surface area (Å²) in [6.45, 7) is 1.69. The zero-order valence-electron chi connectivity index (χ0n) is 12.0. The van der Waals surface area contributed by atoms with E-state index in [9.17, 15) is 12.8 Å². The van der Waals surface area contributed by atoms with Crippen LogP contribution >= 0.6 is 15.9 Å². The van der Waals surface area contributed by atoms with E-state index >= 15 is 0 Å². The lowest BCUT2D eigenvalue weighted by Crippen LogP contribution is -2.11. The van der Waals surface area contributed by atoms with Crippen LogP contribution in [0.1, 0.15) is 12.5 Å². The maximum absolute atomic E-state index is 13.0. The van der Waals surface area contributed by atoms with Gasteiger partial charge in [0.1, 0.15) is 16.6 Å². The van der Waals surface area contributed by atoms with Crippen molar-refractivity contribution < 1.29 is 12.8 Å². The fraction of sp³-hybridized carbons (Fsp3) is 0.0625. The molecule has 4 nitrogen and oxygen atoms in total. The van der Waals surface area contributed by atoms with Crippen LogP contribution < -0.4 is 5.32 Å². The molecule has 0 bridgehead atoms. The second kappa shape index (κ2) is 5.90. The van der Waals surface area contributed by atoms with E-state index in [2.05, 4.69) is 25.6 Å². The van der Waals surface area contributed by atoms with E-state index in [1.165, 1.54) is 24.3 Å². The van der Waals surface area contributed by atoms with E-state index in [4.69, 9.17) is 0 Å². The van der Waals surface area contributed by atoms with Crippen molar-refractivity contribution in [1.82, 2.24) is 0 Å². The van der Waals surface area contributed by atoms with Gasteiger partial charge in [-0.2, -0.15) is 8.42 Å². The van der Waals surface area contributed by atoms with Crippen molar-refractivity contribution >= 4 is 42.4 Å². The molecule has 1 aliphatic heterocycles. The first kappa shape index (κ1) is 15.9. The average Bonchev–Trinajstić information content (AvgIpc) is 2.70. The summed E-state index contributed by atoms with van der Waals surface area (Å²) in [5.41, 5.74) is 1.65. The minimum atomic E-state index is -3.77. The first-order valence-corrected chi connectivity index (χ1v) is 8.95. The molecule has 2 aromatic rings. The van der Waals surface area contributed by atoms with Crippen LogP contribution in [-0.2, 0) is 10.0 Å². The highest BCUT2D eigenvalue weighted by Crippen LogP contribution is 2.33. The largest absolute Gasteiger partial charge is 0.339 e. The van der Waals surface area contributed by atoms with Crippen molar-refractivity contribution in [2.24, 2.45) is 4.40 Å². The topological polar surface area (TPSA) is 58.5 Å². The summed E-state index contributed by atoms with van der Waals surface area (Å²) in [6.07, 6.45) is 0. The van der Waals surface area contributed by atoms with Crippen molar-refractivity contribution in [2.75, 3.05) is 5.32 Å². The molecule has 7 heteroatoms. The number of hydrogen-bond acceptors (Lipinski definition) is 3. The standard InChI is InChI=1S/C16H12BrFN2O2S/c1-10-15(11-3-2-4-12(17)9-11)23(21,22)20-16(10)19-14-7-5-13(18)6-8-14/h2-9H,1H3,(H,19,20). The Morgan fingerprint density at radius 2 is 1.83 bits per heavy atom. The summed E-state index contributed by atoms with van der Waals surface area (Å²) in [5.74, 6) is -0.120. The van der Waals surface area contributed by atoms with Gasteiger partial charge in [0.15, 0.2) is 0 Å². The lowest BCUT2D eigenvalue weighted by molar-refractivity contribution is 0.608. The van der Waals surface area contributed by atoms with E-state index in [1.54, 1.807) is 25.1 Å². The van der Waals surface area contributed by atoms with Crippen LogP contribution in [0.15, 0.2) is 63.0 Å². The van der Waals surface area contributed by atoms with E-state index < -0.39 is 10.0 Å². The molecule has 3 rings (SSSR count). The summed E-state index contributed by atoms with van der Waals surface area (Å²) < 4.78 is 42.3. The number of nitrogens with zero attached hydrogens (tertiary/aromatic N) is 1.